The number of aryl methyl sites for hydroxylation is 2. The van der Waals surface area contributed by atoms with Crippen LogP contribution in [-0.2, 0) is 14.2 Å². The Morgan fingerprint density at radius 1 is 1.44 bits per heavy atom. The maximum atomic E-state index is 11.6. The summed E-state index contributed by atoms with van der Waals surface area (Å²) in [6.45, 7) is 3.83. The van der Waals surface area contributed by atoms with E-state index in [0.717, 1.165) is 38.2 Å². The lowest BCUT2D eigenvalue weighted by molar-refractivity contribution is -0.432. The molecule has 0 aliphatic carbocycles. The third-order valence-electron chi connectivity index (χ3n) is 2.27. The third-order valence-corrected chi connectivity index (χ3v) is 3.56. The van der Waals surface area contributed by atoms with E-state index in [0.29, 0.717) is 6.42 Å². The topological polar surface area (TPSA) is 67.8 Å². The van der Waals surface area contributed by atoms with E-state index in [9.17, 15) is 4.79 Å². The number of carbonyl (C=O) groups excluding carboxylic acids is 1. The van der Waals surface area contributed by atoms with Gasteiger partial charge < -0.3 is 5.32 Å². The maximum absolute atomic E-state index is 11.6. The molecule has 1 aromatic carbocycles. The van der Waals surface area contributed by atoms with Gasteiger partial charge in [0.05, 0.1) is 12.0 Å². The molecule has 5 nitrogen and oxygen atoms in total. The van der Waals surface area contributed by atoms with Crippen LogP contribution in [0.15, 0.2) is 17.0 Å². The van der Waals surface area contributed by atoms with Crippen LogP contribution in [0.3, 0.4) is 0 Å². The van der Waals surface area contributed by atoms with Gasteiger partial charge in [0.15, 0.2) is 0 Å². The van der Waals surface area contributed by atoms with E-state index < -0.39 is 0 Å². The molecule has 0 unspecified atom stereocenters. The molecule has 7 heteroatoms. The molecule has 0 saturated heterocycles. The van der Waals surface area contributed by atoms with Crippen molar-refractivity contribution in [1.29, 1.82) is 0 Å². The van der Waals surface area contributed by atoms with Crippen molar-refractivity contribution in [3.8, 4) is 0 Å². The van der Waals surface area contributed by atoms with E-state index in [1.165, 1.54) is 0 Å². The molecule has 1 aromatic rings. The molecule has 1 rings (SSSR count). The lowest BCUT2D eigenvalue weighted by atomic mass is 10.1. The van der Waals surface area contributed by atoms with E-state index in [-0.39, 0.29) is 5.91 Å². The first-order valence-corrected chi connectivity index (χ1v) is 7.47. The Bertz CT molecular complexity index is 428. The predicted octanol–water partition coefficient (Wildman–Crippen LogP) is 3.50. The molecular weight excluding hydrogens is 369 g/mol. The van der Waals surface area contributed by atoms with Gasteiger partial charge in [-0.1, -0.05) is 33.7 Å². The molecule has 0 aromatic heterocycles. The number of alkyl halides is 1. The fourth-order valence-electron chi connectivity index (χ4n) is 1.41. The highest BCUT2D eigenvalue weighted by molar-refractivity contribution is 14.1. The molecule has 18 heavy (non-hydrogen) atoms. The third kappa shape index (κ3) is 4.73. The van der Waals surface area contributed by atoms with Gasteiger partial charge in [0, 0.05) is 21.4 Å². The highest BCUT2D eigenvalue weighted by atomic mass is 127. The number of anilines is 1. The number of hydrogen-bond acceptors (Lipinski definition) is 5. The van der Waals surface area contributed by atoms with Crippen molar-refractivity contribution in [2.45, 2.75) is 25.2 Å². The summed E-state index contributed by atoms with van der Waals surface area (Å²) in [7, 11) is 0. The average Bonchev–Trinajstić information content (AvgIpc) is 2.31. The van der Waals surface area contributed by atoms with Crippen molar-refractivity contribution < 1.29 is 19.4 Å². The van der Waals surface area contributed by atoms with E-state index in [1.807, 2.05) is 19.9 Å². The molecule has 0 atom stereocenters. The number of carbonyl (C=O) groups is 1. The van der Waals surface area contributed by atoms with Crippen molar-refractivity contribution in [3.63, 3.8) is 0 Å². The van der Waals surface area contributed by atoms with Crippen LogP contribution < -0.4 is 5.32 Å². The van der Waals surface area contributed by atoms with E-state index in [2.05, 4.69) is 37.3 Å². The molecule has 0 aliphatic rings. The maximum Gasteiger partial charge on any atom is 0.225 e. The Labute approximate surface area is 123 Å². The summed E-state index contributed by atoms with van der Waals surface area (Å²) in [5, 5.41) is 14.5. The van der Waals surface area contributed by atoms with Gasteiger partial charge in [-0.25, -0.2) is 5.26 Å². The minimum absolute atomic E-state index is 0.0216. The van der Waals surface area contributed by atoms with E-state index >= 15 is 0 Å². The Morgan fingerprint density at radius 3 is 2.78 bits per heavy atom. The number of hydrogen-bond donors (Lipinski definition) is 2. The second-order valence-electron chi connectivity index (χ2n) is 3.65. The minimum Gasteiger partial charge on any atom is -0.326 e. The zero-order valence-corrected chi connectivity index (χ0v) is 13.0. The zero-order chi connectivity index (χ0) is 13.5. The highest BCUT2D eigenvalue weighted by Gasteiger charge is 2.09. The van der Waals surface area contributed by atoms with Gasteiger partial charge >= 0.3 is 0 Å². The standard InChI is InChI=1S/C11H14INO4S/c1-7-5-8(2)10(18-17-16-15)6-9(7)13-11(14)3-4-12/h5-6,15H,3-4H2,1-2H3,(H,13,14). The summed E-state index contributed by atoms with van der Waals surface area (Å²) in [5.74, 6) is -0.0216. The fourth-order valence-corrected chi connectivity index (χ4v) is 2.36. The van der Waals surface area contributed by atoms with Crippen LogP contribution in [-0.4, -0.2) is 15.6 Å². The number of nitrogens with one attached hydrogen (secondary N) is 1. The Morgan fingerprint density at radius 2 is 2.17 bits per heavy atom. The van der Waals surface area contributed by atoms with Crippen molar-refractivity contribution in [2.75, 3.05) is 9.74 Å². The van der Waals surface area contributed by atoms with Crippen LogP contribution in [0, 0.1) is 13.8 Å². The molecule has 1 amide bonds. The largest absolute Gasteiger partial charge is 0.326 e. The van der Waals surface area contributed by atoms with Gasteiger partial charge in [-0.3, -0.25) is 4.79 Å². The van der Waals surface area contributed by atoms with Crippen molar-refractivity contribution in [3.05, 3.63) is 23.3 Å². The molecule has 0 saturated carbocycles. The van der Waals surface area contributed by atoms with E-state index in [4.69, 9.17) is 5.26 Å². The summed E-state index contributed by atoms with van der Waals surface area (Å²) in [6.07, 6.45) is 0.479. The summed E-state index contributed by atoms with van der Waals surface area (Å²) in [4.78, 5) is 12.3. The van der Waals surface area contributed by atoms with Gasteiger partial charge in [-0.15, -0.1) is 4.33 Å². The first-order valence-electron chi connectivity index (χ1n) is 5.20. The number of halogens is 1. The fraction of sp³-hybridized carbons (Fsp3) is 0.364. The molecule has 0 fully saturated rings. The molecule has 2 N–H and O–H groups in total. The molecular formula is C11H14INO4S. The minimum atomic E-state index is -0.0216. The highest BCUT2D eigenvalue weighted by Crippen LogP contribution is 2.29. The normalized spacial score (nSPS) is 10.4. The lowest BCUT2D eigenvalue weighted by Gasteiger charge is -2.11. The van der Waals surface area contributed by atoms with E-state index in [1.54, 1.807) is 6.07 Å². The SMILES string of the molecule is Cc1cc(C)c(SOOO)cc1NC(=O)CCI. The number of rotatable bonds is 6. The molecule has 0 radical (unpaired) electrons. The molecule has 100 valence electrons. The van der Waals surface area contributed by atoms with Gasteiger partial charge in [-0.05, 0) is 31.0 Å². The summed E-state index contributed by atoms with van der Waals surface area (Å²) < 4.78 is 5.18. The average molecular weight is 383 g/mol. The second kappa shape index (κ2) is 7.95. The first kappa shape index (κ1) is 15.7. The smallest absolute Gasteiger partial charge is 0.225 e. The summed E-state index contributed by atoms with van der Waals surface area (Å²) in [5.41, 5.74) is 2.68. The van der Waals surface area contributed by atoms with Crippen LogP contribution in [0.1, 0.15) is 17.5 Å². The predicted molar refractivity (Wildman–Crippen MR) is 78.7 cm³/mol. The molecule has 0 spiro atoms. The summed E-state index contributed by atoms with van der Waals surface area (Å²) >= 11 is 3.04. The Balaban J connectivity index is 2.86. The quantitative estimate of drug-likeness (QED) is 0.259. The second-order valence-corrected chi connectivity index (χ2v) is 5.47. The Kier molecular flexibility index (Phi) is 6.94. The van der Waals surface area contributed by atoms with Crippen LogP contribution in [0.5, 0.6) is 0 Å². The zero-order valence-electron chi connectivity index (χ0n) is 10.0. The molecule has 0 heterocycles. The monoisotopic (exact) mass is 383 g/mol. The Hall–Kier alpha value is -0.350. The summed E-state index contributed by atoms with van der Waals surface area (Å²) in [6, 6.07) is 3.72. The molecule has 0 aliphatic heterocycles. The van der Waals surface area contributed by atoms with Crippen LogP contribution in [0.2, 0.25) is 0 Å². The van der Waals surface area contributed by atoms with Gasteiger partial charge in [-0.2, -0.15) is 0 Å². The van der Waals surface area contributed by atoms with Crippen LogP contribution >= 0.6 is 34.6 Å². The first-order chi connectivity index (χ1) is 8.58. The van der Waals surface area contributed by atoms with Gasteiger partial charge in [0.25, 0.3) is 0 Å². The van der Waals surface area contributed by atoms with Gasteiger partial charge in [0.2, 0.25) is 5.91 Å². The lowest BCUT2D eigenvalue weighted by Crippen LogP contribution is -2.12. The number of amides is 1. The van der Waals surface area contributed by atoms with Crippen molar-refractivity contribution in [1.82, 2.24) is 0 Å². The van der Waals surface area contributed by atoms with Crippen LogP contribution in [0.25, 0.3) is 0 Å². The van der Waals surface area contributed by atoms with Crippen molar-refractivity contribution >= 4 is 46.2 Å². The number of benzene rings is 1. The van der Waals surface area contributed by atoms with Crippen molar-refractivity contribution in [2.24, 2.45) is 0 Å². The van der Waals surface area contributed by atoms with Crippen LogP contribution in [0.4, 0.5) is 5.69 Å². The molecule has 0 bridgehead atoms. The van der Waals surface area contributed by atoms with Gasteiger partial charge in [0.1, 0.15) is 0 Å².